The van der Waals surface area contributed by atoms with Gasteiger partial charge in [0.2, 0.25) is 0 Å². The first-order valence-electron chi connectivity index (χ1n) is 8.00. The van der Waals surface area contributed by atoms with Crippen LogP contribution in [0.1, 0.15) is 27.2 Å². The van der Waals surface area contributed by atoms with Crippen LogP contribution in [0.2, 0.25) is 5.02 Å². The molecule has 4 N–H and O–H groups in total. The minimum atomic E-state index is -4.64. The molecule has 0 saturated carbocycles. The zero-order valence-electron chi connectivity index (χ0n) is 14.8. The predicted molar refractivity (Wildman–Crippen MR) is 108 cm³/mol. The molecule has 3 aromatic rings. The van der Waals surface area contributed by atoms with Gasteiger partial charge >= 0.3 is 7.82 Å². The summed E-state index contributed by atoms with van der Waals surface area (Å²) in [6.45, 7) is 0. The molecule has 10 heteroatoms. The number of hydrogen-bond donors (Lipinski definition) is 4. The van der Waals surface area contributed by atoms with Crippen molar-refractivity contribution in [2.45, 2.75) is 0 Å². The van der Waals surface area contributed by atoms with Crippen LogP contribution in [0.4, 0.5) is 0 Å². The summed E-state index contributed by atoms with van der Waals surface area (Å²) in [5, 5.41) is 10.6. The normalized spacial score (nSPS) is 11.4. The van der Waals surface area contributed by atoms with Gasteiger partial charge in [0.25, 0.3) is 0 Å². The summed E-state index contributed by atoms with van der Waals surface area (Å²) in [7, 11) is -4.64. The van der Waals surface area contributed by atoms with Crippen molar-refractivity contribution >= 4 is 37.0 Å². The highest BCUT2D eigenvalue weighted by molar-refractivity contribution is 7.45. The van der Waals surface area contributed by atoms with E-state index in [-0.39, 0.29) is 11.5 Å². The number of carbonyl (C=O) groups is 1. The van der Waals surface area contributed by atoms with E-state index in [2.05, 4.69) is 9.97 Å². The van der Waals surface area contributed by atoms with Crippen molar-refractivity contribution in [2.75, 3.05) is 0 Å². The molecular weight excluding hydrogens is 419 g/mol. The zero-order valence-corrected chi connectivity index (χ0v) is 16.4. The molecule has 0 atom stereocenters. The van der Waals surface area contributed by atoms with E-state index in [1.807, 2.05) is 0 Å². The number of nitrogens with zero attached hydrogens (tertiary/aromatic N) is 2. The number of carbonyl (C=O) groups excluding carboxylic acids is 1. The van der Waals surface area contributed by atoms with Gasteiger partial charge in [-0.2, -0.15) is 0 Å². The summed E-state index contributed by atoms with van der Waals surface area (Å²) in [5.74, 6) is -0.244. The van der Waals surface area contributed by atoms with Gasteiger partial charge in [0, 0.05) is 41.4 Å². The maximum absolute atomic E-state index is 12.8. The summed E-state index contributed by atoms with van der Waals surface area (Å²) < 4.78 is 8.88. The van der Waals surface area contributed by atoms with Gasteiger partial charge in [-0.3, -0.25) is 14.8 Å². The van der Waals surface area contributed by atoms with E-state index in [0.717, 1.165) is 0 Å². The molecule has 150 valence electrons. The van der Waals surface area contributed by atoms with E-state index in [1.165, 1.54) is 6.08 Å². The SMILES string of the molecule is O=C(c1ccccc1Cl)c1cccnc1C=C(O)c1ccncc1.O=P(O)(O)O. The van der Waals surface area contributed by atoms with Gasteiger partial charge in [-0.1, -0.05) is 23.7 Å². The lowest BCUT2D eigenvalue weighted by molar-refractivity contribution is 0.103. The molecule has 2 aromatic heterocycles. The Hall–Kier alpha value is -2.87. The third-order valence-corrected chi connectivity index (χ3v) is 3.78. The van der Waals surface area contributed by atoms with Crippen LogP contribution in [-0.4, -0.2) is 35.5 Å². The van der Waals surface area contributed by atoms with E-state index < -0.39 is 7.82 Å². The second-order valence-electron chi connectivity index (χ2n) is 5.52. The molecule has 0 aliphatic rings. The summed E-state index contributed by atoms with van der Waals surface area (Å²) in [6, 6.07) is 13.5. The average molecular weight is 435 g/mol. The molecule has 0 radical (unpaired) electrons. The van der Waals surface area contributed by atoms with Gasteiger partial charge in [-0.05, 0) is 36.4 Å². The van der Waals surface area contributed by atoms with Gasteiger partial charge in [-0.25, -0.2) is 4.57 Å². The topological polar surface area (TPSA) is 141 Å². The zero-order chi connectivity index (χ0) is 21.4. The quantitative estimate of drug-likeness (QED) is 0.278. The molecular formula is C19H16ClN2O6P. The van der Waals surface area contributed by atoms with Crippen molar-refractivity contribution in [3.63, 3.8) is 0 Å². The van der Waals surface area contributed by atoms with E-state index >= 15 is 0 Å². The van der Waals surface area contributed by atoms with Gasteiger partial charge in [0.1, 0.15) is 5.76 Å². The number of pyridine rings is 2. The molecule has 8 nitrogen and oxygen atoms in total. The van der Waals surface area contributed by atoms with Crippen molar-refractivity contribution in [1.82, 2.24) is 9.97 Å². The largest absolute Gasteiger partial charge is 0.507 e. The molecule has 0 bridgehead atoms. The standard InChI is InChI=1S/C19H13ClN2O2.H3O4P/c20-16-6-2-1-4-14(16)19(24)15-5-3-9-22-17(15)12-18(23)13-7-10-21-11-8-13;1-5(2,3)4/h1-12,23H;(H3,1,2,3,4). The van der Waals surface area contributed by atoms with Crippen molar-refractivity contribution < 1.29 is 29.1 Å². The fraction of sp³-hybridized carbons (Fsp3) is 0. The Bertz CT molecular complexity index is 1060. The molecule has 0 fully saturated rings. The van der Waals surface area contributed by atoms with Crippen LogP contribution in [0.5, 0.6) is 0 Å². The van der Waals surface area contributed by atoms with E-state index in [0.29, 0.717) is 27.4 Å². The number of hydrogen-bond acceptors (Lipinski definition) is 5. The second kappa shape index (κ2) is 10.1. The Kier molecular flexibility index (Phi) is 7.78. The highest BCUT2D eigenvalue weighted by atomic mass is 35.5. The number of benzene rings is 1. The van der Waals surface area contributed by atoms with Gasteiger partial charge in [0.05, 0.1) is 10.7 Å². The molecule has 0 unspecified atom stereocenters. The second-order valence-corrected chi connectivity index (χ2v) is 6.96. The van der Waals surface area contributed by atoms with Crippen LogP contribution in [-0.2, 0) is 4.57 Å². The number of aromatic nitrogens is 2. The monoisotopic (exact) mass is 434 g/mol. The number of phosphoric acid groups is 1. The predicted octanol–water partition coefficient (Wildman–Crippen LogP) is 3.49. The number of aliphatic hydroxyl groups excluding tert-OH is 1. The van der Waals surface area contributed by atoms with E-state index in [4.69, 9.17) is 30.8 Å². The maximum Gasteiger partial charge on any atom is 0.466 e. The highest BCUT2D eigenvalue weighted by Crippen LogP contribution is 2.26. The van der Waals surface area contributed by atoms with E-state index in [9.17, 15) is 9.90 Å². The Balaban J connectivity index is 0.000000537. The maximum atomic E-state index is 12.8. The highest BCUT2D eigenvalue weighted by Gasteiger charge is 2.16. The first kappa shape index (κ1) is 22.4. The van der Waals surface area contributed by atoms with Gasteiger partial charge < -0.3 is 19.8 Å². The van der Waals surface area contributed by atoms with Gasteiger partial charge in [0.15, 0.2) is 5.78 Å². The summed E-state index contributed by atoms with van der Waals surface area (Å²) in [6.07, 6.45) is 6.18. The van der Waals surface area contributed by atoms with Crippen LogP contribution in [0.15, 0.2) is 67.1 Å². The Morgan fingerprint density at radius 2 is 1.52 bits per heavy atom. The van der Waals surface area contributed by atoms with Crippen molar-refractivity contribution in [2.24, 2.45) is 0 Å². The third kappa shape index (κ3) is 7.23. The first-order chi connectivity index (χ1) is 13.7. The van der Waals surface area contributed by atoms with E-state index in [1.54, 1.807) is 67.1 Å². The Labute approximate surface area is 171 Å². The minimum absolute atomic E-state index is 0.00399. The molecule has 29 heavy (non-hydrogen) atoms. The molecule has 0 aliphatic carbocycles. The summed E-state index contributed by atoms with van der Waals surface area (Å²) in [5.41, 5.74) is 1.72. The fourth-order valence-corrected chi connectivity index (χ4v) is 2.47. The fourth-order valence-electron chi connectivity index (χ4n) is 2.25. The van der Waals surface area contributed by atoms with Crippen molar-refractivity contribution in [3.05, 3.63) is 94.5 Å². The van der Waals surface area contributed by atoms with Crippen LogP contribution < -0.4 is 0 Å². The summed E-state index contributed by atoms with van der Waals surface area (Å²) >= 11 is 6.11. The molecule has 3 rings (SSSR count). The smallest absolute Gasteiger partial charge is 0.466 e. The van der Waals surface area contributed by atoms with Crippen molar-refractivity contribution in [3.8, 4) is 0 Å². The van der Waals surface area contributed by atoms with Crippen LogP contribution in [0.25, 0.3) is 11.8 Å². The van der Waals surface area contributed by atoms with Crippen LogP contribution in [0.3, 0.4) is 0 Å². The van der Waals surface area contributed by atoms with Gasteiger partial charge in [-0.15, -0.1) is 0 Å². The van der Waals surface area contributed by atoms with Crippen molar-refractivity contribution in [1.29, 1.82) is 0 Å². The summed E-state index contributed by atoms with van der Waals surface area (Å²) in [4.78, 5) is 42.4. The molecule has 2 heterocycles. The first-order valence-corrected chi connectivity index (χ1v) is 9.94. The molecule has 0 saturated heterocycles. The number of rotatable bonds is 4. The minimum Gasteiger partial charge on any atom is -0.507 e. The molecule has 0 amide bonds. The average Bonchev–Trinajstić information content (AvgIpc) is 2.68. The Morgan fingerprint density at radius 3 is 2.14 bits per heavy atom. The van der Waals surface area contributed by atoms with Crippen LogP contribution >= 0.6 is 19.4 Å². The third-order valence-electron chi connectivity index (χ3n) is 3.45. The lowest BCUT2D eigenvalue weighted by Gasteiger charge is -2.07. The number of aliphatic hydroxyl groups is 1. The molecule has 1 aromatic carbocycles. The van der Waals surface area contributed by atoms with Crippen LogP contribution in [0, 0.1) is 0 Å². The number of ketones is 1. The number of halogens is 1. The molecule has 0 aliphatic heterocycles. The lowest BCUT2D eigenvalue weighted by Crippen LogP contribution is -2.05. The lowest BCUT2D eigenvalue weighted by atomic mass is 10.0. The molecule has 0 spiro atoms. The Morgan fingerprint density at radius 1 is 0.931 bits per heavy atom.